The number of halogens is 7. The van der Waals surface area contributed by atoms with Crippen molar-refractivity contribution >= 4 is 29.6 Å². The average Bonchev–Trinajstić information content (AvgIpc) is 3.71. The van der Waals surface area contributed by atoms with E-state index in [1.54, 1.807) is 12.1 Å². The van der Waals surface area contributed by atoms with Crippen molar-refractivity contribution in [1.82, 2.24) is 34.9 Å². The Morgan fingerprint density at radius 2 is 1.73 bits per heavy atom. The van der Waals surface area contributed by atoms with Crippen LogP contribution < -0.4 is 11.1 Å². The van der Waals surface area contributed by atoms with Crippen LogP contribution in [-0.4, -0.2) is 78.6 Å². The summed E-state index contributed by atoms with van der Waals surface area (Å²) in [5.74, 6) is -1.84. The summed E-state index contributed by atoms with van der Waals surface area (Å²) in [6.45, 7) is 3.83. The second-order valence-electron chi connectivity index (χ2n) is 12.4. The van der Waals surface area contributed by atoms with E-state index < -0.39 is 54.3 Å². The second kappa shape index (κ2) is 16.0. The first-order chi connectivity index (χ1) is 24.3. The minimum atomic E-state index is -4.71. The molecule has 2 heterocycles. The van der Waals surface area contributed by atoms with Gasteiger partial charge in [-0.1, -0.05) is 29.8 Å². The number of rotatable bonds is 9. The van der Waals surface area contributed by atoms with Gasteiger partial charge in [0.1, 0.15) is 24.1 Å². The summed E-state index contributed by atoms with van der Waals surface area (Å²) in [5, 5.41) is 5.65. The fourth-order valence-corrected chi connectivity index (χ4v) is 4.88. The number of nitrogens with one attached hydrogen (secondary N) is 1. The Kier molecular flexibility index (Phi) is 12.1. The molecule has 3 N–H and O–H groups in total. The number of alkyl carbamates (subject to hydrolysis) is 1. The third-order valence-electron chi connectivity index (χ3n) is 7.36. The number of carbonyl (C=O) groups excluding carboxylic acids is 2. The maximum absolute atomic E-state index is 14.0. The van der Waals surface area contributed by atoms with Crippen molar-refractivity contribution in [1.29, 1.82) is 0 Å². The van der Waals surface area contributed by atoms with Crippen LogP contribution >= 0.6 is 11.6 Å². The van der Waals surface area contributed by atoms with Gasteiger partial charge in [0.2, 0.25) is 0 Å². The summed E-state index contributed by atoms with van der Waals surface area (Å²) >= 11 is 6.34. The largest absolute Gasteiger partial charge is 0.447 e. The van der Waals surface area contributed by atoms with E-state index >= 15 is 0 Å². The van der Waals surface area contributed by atoms with E-state index in [0.717, 1.165) is 15.9 Å². The molecule has 5 rings (SSSR count). The van der Waals surface area contributed by atoms with Crippen molar-refractivity contribution in [2.45, 2.75) is 63.5 Å². The number of hydrogen-bond acceptors (Lipinski definition) is 8. The number of ether oxygens (including phenoxy) is 1. The van der Waals surface area contributed by atoms with Crippen LogP contribution in [-0.2, 0) is 4.74 Å². The first-order valence-electron chi connectivity index (χ1n) is 15.5. The van der Waals surface area contributed by atoms with Gasteiger partial charge < -0.3 is 15.8 Å². The monoisotopic (exact) mass is 753 g/mol. The highest BCUT2D eigenvalue weighted by molar-refractivity contribution is 6.32. The van der Waals surface area contributed by atoms with Crippen molar-refractivity contribution < 1.29 is 40.7 Å². The Morgan fingerprint density at radius 3 is 2.27 bits per heavy atom. The molecule has 1 aliphatic carbocycles. The lowest BCUT2D eigenvalue weighted by Crippen LogP contribution is -2.49. The van der Waals surface area contributed by atoms with Crippen LogP contribution in [0, 0.1) is 0 Å². The lowest BCUT2D eigenvalue weighted by Gasteiger charge is -2.31. The van der Waals surface area contributed by atoms with Gasteiger partial charge in [0.05, 0.1) is 28.6 Å². The summed E-state index contributed by atoms with van der Waals surface area (Å²) in [7, 11) is 1.29. The van der Waals surface area contributed by atoms with Crippen molar-refractivity contribution in [3.05, 3.63) is 89.4 Å². The van der Waals surface area contributed by atoms with Crippen LogP contribution in [0.5, 0.6) is 0 Å². The summed E-state index contributed by atoms with van der Waals surface area (Å²) in [6.07, 6.45) is -4.38. The zero-order valence-electron chi connectivity index (χ0n) is 28.2. The van der Waals surface area contributed by atoms with Crippen molar-refractivity contribution in [2.75, 3.05) is 13.7 Å². The molecule has 0 unspecified atom stereocenters. The topological polar surface area (TPSA) is 154 Å². The summed E-state index contributed by atoms with van der Waals surface area (Å²) < 4.78 is 85.5. The van der Waals surface area contributed by atoms with E-state index in [9.17, 15) is 35.9 Å². The second-order valence-corrected chi connectivity index (χ2v) is 12.8. The molecule has 0 radical (unpaired) electrons. The van der Waals surface area contributed by atoms with Gasteiger partial charge in [-0.05, 0) is 63.4 Å². The van der Waals surface area contributed by atoms with Gasteiger partial charge >= 0.3 is 12.3 Å². The predicted octanol–water partition coefficient (Wildman–Crippen LogP) is 7.02. The molecule has 4 aromatic rings. The van der Waals surface area contributed by atoms with E-state index in [1.165, 1.54) is 76.7 Å². The lowest BCUT2D eigenvalue weighted by molar-refractivity contribution is -0.164. The van der Waals surface area contributed by atoms with E-state index in [0.29, 0.717) is 11.3 Å². The third kappa shape index (κ3) is 9.74. The Bertz CT molecular complexity index is 1870. The number of carbonyl (C=O) groups is 2. The van der Waals surface area contributed by atoms with Crippen LogP contribution in [0.2, 0.25) is 5.02 Å². The SMILES string of the molecule is CC(C)(C)F.CN=C(N)N(C(=O)c1ccc(-c2cnccn2)cc1)[C@H](COC(=O)NC1(C(F)(F)F)CC1)c1ccc(Cl)c(-n2ncnc2C(F)F)c1. The number of benzene rings is 2. The Labute approximate surface area is 299 Å². The molecule has 0 spiro atoms. The first kappa shape index (κ1) is 39.5. The molecule has 12 nitrogen and oxygen atoms in total. The highest BCUT2D eigenvalue weighted by Gasteiger charge is 2.64. The van der Waals surface area contributed by atoms with Gasteiger partial charge in [0, 0.05) is 30.6 Å². The van der Waals surface area contributed by atoms with E-state index in [-0.39, 0.29) is 40.6 Å². The average molecular weight is 754 g/mol. The van der Waals surface area contributed by atoms with Gasteiger partial charge in [0.25, 0.3) is 12.3 Å². The molecule has 0 bridgehead atoms. The van der Waals surface area contributed by atoms with Crippen LogP contribution in [0.1, 0.15) is 67.8 Å². The molecule has 1 saturated carbocycles. The van der Waals surface area contributed by atoms with Crippen molar-refractivity contribution in [3.63, 3.8) is 0 Å². The van der Waals surface area contributed by atoms with E-state index in [4.69, 9.17) is 22.1 Å². The zero-order chi connectivity index (χ0) is 38.4. The van der Waals surface area contributed by atoms with Crippen LogP contribution in [0.3, 0.4) is 0 Å². The van der Waals surface area contributed by atoms with Gasteiger partial charge in [-0.15, -0.1) is 0 Å². The number of amides is 2. The summed E-state index contributed by atoms with van der Waals surface area (Å²) in [5.41, 5.74) is 4.09. The molecule has 52 heavy (non-hydrogen) atoms. The van der Waals surface area contributed by atoms with Crippen LogP contribution in [0.4, 0.5) is 31.1 Å². The number of aliphatic imine (C=N–C) groups is 1. The smallest absolute Gasteiger partial charge is 0.411 e. The molecular formula is C33H34ClF6N9O3. The molecule has 2 aromatic heterocycles. The fraction of sp³-hybridized carbons (Fsp3) is 0.364. The van der Waals surface area contributed by atoms with E-state index in [2.05, 4.69) is 25.0 Å². The Balaban J connectivity index is 0.00000113. The molecule has 1 atom stereocenters. The minimum absolute atomic E-state index is 0.0333. The van der Waals surface area contributed by atoms with Crippen LogP contribution in [0.25, 0.3) is 16.9 Å². The summed E-state index contributed by atoms with van der Waals surface area (Å²) in [4.78, 5) is 43.4. The summed E-state index contributed by atoms with van der Waals surface area (Å²) in [6, 6.07) is 8.81. The minimum Gasteiger partial charge on any atom is -0.447 e. The molecule has 19 heteroatoms. The fourth-order valence-electron chi connectivity index (χ4n) is 4.68. The van der Waals surface area contributed by atoms with Gasteiger partial charge in [-0.25, -0.2) is 27.6 Å². The number of nitrogens with two attached hydrogens (primary N) is 1. The number of alkyl halides is 6. The Morgan fingerprint density at radius 1 is 1.08 bits per heavy atom. The quantitative estimate of drug-likeness (QED) is 0.105. The number of hydrogen-bond donors (Lipinski definition) is 2. The highest BCUT2D eigenvalue weighted by atomic mass is 35.5. The molecule has 278 valence electrons. The van der Waals surface area contributed by atoms with Crippen molar-refractivity contribution in [2.24, 2.45) is 10.7 Å². The Hall–Kier alpha value is -5.26. The molecule has 1 aliphatic rings. The maximum atomic E-state index is 14.0. The first-order valence-corrected chi connectivity index (χ1v) is 15.8. The molecular weight excluding hydrogens is 720 g/mol. The maximum Gasteiger partial charge on any atom is 0.411 e. The standard InChI is InChI=1S/C29H25ClF5N9O3.C4H9F/c1-37-26(36)43(25(45)17-4-2-16(3-5-17)20-13-38-10-11-39-20)22(14-47-27(46)42-28(8-9-28)29(33,34)35)18-6-7-19(30)21(12-18)44-24(23(31)32)40-15-41-44;1-4(2,3)5/h2-7,10-13,15,22-23H,8-9,14H2,1H3,(H2,36,37)(H,42,46);1-3H3/t22-;/m1./s1. The third-order valence-corrected chi connectivity index (χ3v) is 7.68. The van der Waals surface area contributed by atoms with Gasteiger partial charge in [0.15, 0.2) is 11.8 Å². The molecule has 0 saturated heterocycles. The number of guanidine groups is 1. The lowest BCUT2D eigenvalue weighted by atomic mass is 10.0. The zero-order valence-corrected chi connectivity index (χ0v) is 29.0. The molecule has 2 amide bonds. The number of aromatic nitrogens is 5. The van der Waals surface area contributed by atoms with Gasteiger partial charge in [-0.3, -0.25) is 24.7 Å². The van der Waals surface area contributed by atoms with E-state index in [1.807, 2.05) is 5.32 Å². The molecule has 0 aliphatic heterocycles. The van der Waals surface area contributed by atoms with Gasteiger partial charge in [-0.2, -0.15) is 18.3 Å². The predicted molar refractivity (Wildman–Crippen MR) is 179 cm³/mol. The number of nitrogens with zero attached hydrogens (tertiary/aromatic N) is 7. The van der Waals surface area contributed by atoms with Crippen molar-refractivity contribution in [3.8, 4) is 16.9 Å². The van der Waals surface area contributed by atoms with Crippen LogP contribution in [0.15, 0.2) is 72.4 Å². The molecule has 1 fully saturated rings. The highest BCUT2D eigenvalue weighted by Crippen LogP contribution is 2.49. The normalized spacial score (nSPS) is 14.6. The molecule has 2 aromatic carbocycles.